The van der Waals surface area contributed by atoms with E-state index in [-0.39, 0.29) is 10.5 Å². The normalized spacial score (nSPS) is 11.6. The first-order valence-corrected chi connectivity index (χ1v) is 9.59. The number of hydrogen-bond donors (Lipinski definition) is 1. The van der Waals surface area contributed by atoms with Gasteiger partial charge in [0.1, 0.15) is 0 Å². The third-order valence-corrected chi connectivity index (χ3v) is 5.50. The highest BCUT2D eigenvalue weighted by Gasteiger charge is 2.12. The van der Waals surface area contributed by atoms with Crippen molar-refractivity contribution in [2.45, 2.75) is 31.2 Å². The van der Waals surface area contributed by atoms with Gasteiger partial charge in [-0.25, -0.2) is 13.1 Å². The maximum absolute atomic E-state index is 12.1. The van der Waals surface area contributed by atoms with E-state index >= 15 is 0 Å². The summed E-state index contributed by atoms with van der Waals surface area (Å²) in [5, 5.41) is 0. The fourth-order valence-electron chi connectivity index (χ4n) is 2.21. The minimum atomic E-state index is -3.48. The number of nitrogens with one attached hydrogen (secondary N) is 1. The molecule has 0 atom stereocenters. The number of rotatable bonds is 7. The van der Waals surface area contributed by atoms with Gasteiger partial charge in [-0.1, -0.05) is 22.0 Å². The Morgan fingerprint density at radius 3 is 2.43 bits per heavy atom. The van der Waals surface area contributed by atoms with Crippen molar-refractivity contribution in [3.63, 3.8) is 0 Å². The molecule has 0 fully saturated rings. The number of aromatic nitrogens is 1. The highest BCUT2D eigenvalue weighted by Crippen LogP contribution is 2.14. The molecule has 5 nitrogen and oxygen atoms in total. The highest BCUT2D eigenvalue weighted by molar-refractivity contribution is 9.10. The van der Waals surface area contributed by atoms with E-state index in [4.69, 9.17) is 0 Å². The van der Waals surface area contributed by atoms with Crippen molar-refractivity contribution in [1.29, 1.82) is 0 Å². The van der Waals surface area contributed by atoms with Gasteiger partial charge in [-0.2, -0.15) is 0 Å². The molecule has 124 valence electrons. The molecule has 1 aromatic heterocycles. The van der Waals surface area contributed by atoms with Crippen molar-refractivity contribution >= 4 is 26.0 Å². The molecule has 0 aliphatic carbocycles. The van der Waals surface area contributed by atoms with Crippen LogP contribution in [0.3, 0.4) is 0 Å². The second-order valence-electron chi connectivity index (χ2n) is 5.22. The van der Waals surface area contributed by atoms with Crippen molar-refractivity contribution in [2.24, 2.45) is 0 Å². The summed E-state index contributed by atoms with van der Waals surface area (Å²) in [6.45, 7) is 2.82. The van der Waals surface area contributed by atoms with Crippen molar-refractivity contribution < 1.29 is 8.42 Å². The SMILES string of the molecule is Cc1cccc(=O)n1CCCCNS(=O)(=O)c1ccc(Br)cc1. The molecule has 23 heavy (non-hydrogen) atoms. The van der Waals surface area contributed by atoms with Crippen molar-refractivity contribution in [1.82, 2.24) is 9.29 Å². The molecule has 0 saturated carbocycles. The number of nitrogens with zero attached hydrogens (tertiary/aromatic N) is 1. The fourth-order valence-corrected chi connectivity index (χ4v) is 3.55. The van der Waals surface area contributed by atoms with E-state index in [1.54, 1.807) is 34.9 Å². The van der Waals surface area contributed by atoms with E-state index in [0.29, 0.717) is 19.5 Å². The van der Waals surface area contributed by atoms with Crippen LogP contribution in [0.4, 0.5) is 0 Å². The second-order valence-corrected chi connectivity index (χ2v) is 7.90. The minimum absolute atomic E-state index is 0.0274. The third-order valence-electron chi connectivity index (χ3n) is 3.49. The van der Waals surface area contributed by atoms with Crippen LogP contribution in [-0.2, 0) is 16.6 Å². The Hall–Kier alpha value is -1.44. The zero-order chi connectivity index (χ0) is 16.9. The standard InChI is InChI=1S/C16H19BrN2O3S/c1-13-5-4-6-16(20)19(13)12-3-2-11-18-23(21,22)15-9-7-14(17)8-10-15/h4-10,18H,2-3,11-12H2,1H3. The van der Waals surface area contributed by atoms with Crippen LogP contribution >= 0.6 is 15.9 Å². The molecule has 7 heteroatoms. The molecule has 2 rings (SSSR count). The van der Waals surface area contributed by atoms with Crippen LogP contribution in [-0.4, -0.2) is 19.5 Å². The van der Waals surface area contributed by atoms with Gasteiger partial charge in [0, 0.05) is 29.3 Å². The largest absolute Gasteiger partial charge is 0.313 e. The zero-order valence-corrected chi connectivity index (χ0v) is 15.2. The van der Waals surface area contributed by atoms with Gasteiger partial charge in [0.2, 0.25) is 10.0 Å². The molecule has 0 unspecified atom stereocenters. The second kappa shape index (κ2) is 7.90. The summed E-state index contributed by atoms with van der Waals surface area (Å²) >= 11 is 3.28. The molecule has 1 aromatic carbocycles. The lowest BCUT2D eigenvalue weighted by atomic mass is 10.3. The molecule has 1 N–H and O–H groups in total. The summed E-state index contributed by atoms with van der Waals surface area (Å²) < 4.78 is 29.3. The molecule has 0 radical (unpaired) electrons. The molecule has 0 saturated heterocycles. The number of halogens is 1. The Morgan fingerprint density at radius 1 is 1.09 bits per heavy atom. The van der Waals surface area contributed by atoms with Crippen LogP contribution < -0.4 is 10.3 Å². The lowest BCUT2D eigenvalue weighted by Gasteiger charge is -2.10. The van der Waals surface area contributed by atoms with Gasteiger partial charge in [0.05, 0.1) is 4.90 Å². The van der Waals surface area contributed by atoms with E-state index in [1.165, 1.54) is 6.07 Å². The van der Waals surface area contributed by atoms with Crippen LogP contribution in [0.2, 0.25) is 0 Å². The predicted octanol–water partition coefficient (Wildman–Crippen LogP) is 2.68. The molecule has 0 aliphatic rings. The van der Waals surface area contributed by atoms with Crippen molar-refractivity contribution in [2.75, 3.05) is 6.54 Å². The maximum atomic E-state index is 12.1. The summed E-state index contributed by atoms with van der Waals surface area (Å²) in [7, 11) is -3.48. The topological polar surface area (TPSA) is 68.2 Å². The summed E-state index contributed by atoms with van der Waals surface area (Å²) in [4.78, 5) is 12.0. The molecule has 1 heterocycles. The lowest BCUT2D eigenvalue weighted by molar-refractivity contribution is 0.557. The quantitative estimate of drug-likeness (QED) is 0.728. The van der Waals surface area contributed by atoms with Crippen LogP contribution in [0.25, 0.3) is 0 Å². The van der Waals surface area contributed by atoms with E-state index in [2.05, 4.69) is 20.7 Å². The summed E-state index contributed by atoms with van der Waals surface area (Å²) in [5.41, 5.74) is 0.883. The van der Waals surface area contributed by atoms with E-state index in [9.17, 15) is 13.2 Å². The number of unbranched alkanes of at least 4 members (excludes halogenated alkanes) is 1. The van der Waals surface area contributed by atoms with Crippen LogP contribution in [0.5, 0.6) is 0 Å². The first-order valence-electron chi connectivity index (χ1n) is 7.32. The average molecular weight is 399 g/mol. The Morgan fingerprint density at radius 2 is 1.78 bits per heavy atom. The van der Waals surface area contributed by atoms with Gasteiger partial charge >= 0.3 is 0 Å². The predicted molar refractivity (Wildman–Crippen MR) is 94.0 cm³/mol. The highest BCUT2D eigenvalue weighted by atomic mass is 79.9. The lowest BCUT2D eigenvalue weighted by Crippen LogP contribution is -2.26. The average Bonchev–Trinajstić information content (AvgIpc) is 2.50. The molecule has 2 aromatic rings. The summed E-state index contributed by atoms with van der Waals surface area (Å²) in [6.07, 6.45) is 1.39. The third kappa shape index (κ3) is 5.02. The van der Waals surface area contributed by atoms with Gasteiger partial charge in [-0.3, -0.25) is 4.79 Å². The van der Waals surface area contributed by atoms with Gasteiger partial charge in [0.25, 0.3) is 5.56 Å². The first kappa shape index (κ1) is 17.9. The molecule has 0 aliphatic heterocycles. The van der Waals surface area contributed by atoms with E-state index in [0.717, 1.165) is 16.6 Å². The van der Waals surface area contributed by atoms with Crippen molar-refractivity contribution in [3.8, 4) is 0 Å². The smallest absolute Gasteiger partial charge is 0.250 e. The zero-order valence-electron chi connectivity index (χ0n) is 12.8. The van der Waals surface area contributed by atoms with Gasteiger partial charge in [-0.15, -0.1) is 0 Å². The molecule has 0 amide bonds. The molecule has 0 bridgehead atoms. The fraction of sp³-hybridized carbons (Fsp3) is 0.312. The first-order chi connectivity index (χ1) is 10.9. The minimum Gasteiger partial charge on any atom is -0.313 e. The molecular formula is C16H19BrN2O3S. The van der Waals surface area contributed by atoms with Crippen LogP contribution in [0, 0.1) is 6.92 Å². The van der Waals surface area contributed by atoms with Gasteiger partial charge in [0.15, 0.2) is 0 Å². The number of aryl methyl sites for hydroxylation is 1. The summed E-state index contributed by atoms with van der Waals surface area (Å²) in [5.74, 6) is 0. The Bertz CT molecular complexity index is 814. The Labute approximate surface area is 144 Å². The number of sulfonamides is 1. The Kier molecular flexibility index (Phi) is 6.15. The van der Waals surface area contributed by atoms with Crippen LogP contribution in [0.15, 0.2) is 56.6 Å². The Balaban J connectivity index is 1.83. The van der Waals surface area contributed by atoms with E-state index < -0.39 is 10.0 Å². The van der Waals surface area contributed by atoms with Crippen molar-refractivity contribution in [3.05, 3.63) is 63.0 Å². The number of pyridine rings is 1. The van der Waals surface area contributed by atoms with Gasteiger partial charge < -0.3 is 4.57 Å². The molecule has 0 spiro atoms. The monoisotopic (exact) mass is 398 g/mol. The number of hydrogen-bond acceptors (Lipinski definition) is 3. The van der Waals surface area contributed by atoms with Gasteiger partial charge in [-0.05, 0) is 50.1 Å². The number of benzene rings is 1. The summed E-state index contributed by atoms with van der Waals surface area (Å²) in [6, 6.07) is 11.7. The molecular weight excluding hydrogens is 380 g/mol. The van der Waals surface area contributed by atoms with E-state index in [1.807, 2.05) is 13.0 Å². The maximum Gasteiger partial charge on any atom is 0.250 e. The van der Waals surface area contributed by atoms with Crippen LogP contribution in [0.1, 0.15) is 18.5 Å².